The topological polar surface area (TPSA) is 17.1 Å². The Balaban J connectivity index is 1.70. The van der Waals surface area contributed by atoms with Gasteiger partial charge in [-0.3, -0.25) is 0 Å². The molecule has 0 aromatic heterocycles. The molecule has 3 aromatic rings. The molecule has 0 unspecified atom stereocenters. The Kier molecular flexibility index (Phi) is 4.49. The van der Waals surface area contributed by atoms with Gasteiger partial charge in [0, 0.05) is 0 Å². The Morgan fingerprint density at radius 3 is 2.38 bits per heavy atom. The van der Waals surface area contributed by atoms with Crippen LogP contribution in [0.25, 0.3) is 10.8 Å². The monoisotopic (exact) mass is 340 g/mol. The van der Waals surface area contributed by atoms with Crippen molar-refractivity contribution >= 4 is 36.0 Å². The van der Waals surface area contributed by atoms with Crippen LogP contribution >= 0.6 is 0 Å². The number of rotatable bonds is 5. The second-order valence-corrected chi connectivity index (χ2v) is 7.31. The number of carbonyl (C=O) groups is 1. The number of hydrogen-bond donors (Lipinski definition) is 0. The minimum atomic E-state index is 0.254. The number of Topliss-reactive ketones (excluding diaryl/α,β-unsaturated/α-hetero) is 1. The molecular weight excluding hydrogens is 323 g/mol. The van der Waals surface area contributed by atoms with Crippen LogP contribution in [-0.2, 0) is 0 Å². The Morgan fingerprint density at radius 2 is 1.52 bits per heavy atom. The molecular formula is C19H16OSe. The van der Waals surface area contributed by atoms with E-state index in [-0.39, 0.29) is 5.78 Å². The molecule has 0 saturated carbocycles. The molecule has 0 aliphatic rings. The molecule has 0 bridgehead atoms. The maximum atomic E-state index is 12.5. The first kappa shape index (κ1) is 14.1. The molecule has 0 fully saturated rings. The van der Waals surface area contributed by atoms with Crippen LogP contribution in [0.2, 0.25) is 5.32 Å². The van der Waals surface area contributed by atoms with Gasteiger partial charge in [0.15, 0.2) is 0 Å². The van der Waals surface area contributed by atoms with Gasteiger partial charge in [0.05, 0.1) is 0 Å². The van der Waals surface area contributed by atoms with Gasteiger partial charge in [0.2, 0.25) is 0 Å². The molecule has 0 saturated heterocycles. The van der Waals surface area contributed by atoms with Crippen LogP contribution in [0, 0.1) is 0 Å². The normalized spacial score (nSPS) is 10.7. The first-order chi connectivity index (χ1) is 10.3. The minimum absolute atomic E-state index is 0.254. The van der Waals surface area contributed by atoms with Crippen molar-refractivity contribution in [2.24, 2.45) is 0 Å². The van der Waals surface area contributed by atoms with Crippen LogP contribution in [0.1, 0.15) is 16.8 Å². The summed E-state index contributed by atoms with van der Waals surface area (Å²) in [7, 11) is 0. The van der Waals surface area contributed by atoms with Crippen molar-refractivity contribution in [3.63, 3.8) is 0 Å². The Bertz CT molecular complexity index is 744. The molecule has 0 amide bonds. The molecule has 3 aromatic carbocycles. The summed E-state index contributed by atoms with van der Waals surface area (Å²) in [5.74, 6) is 0.254. The molecule has 0 heterocycles. The van der Waals surface area contributed by atoms with Crippen molar-refractivity contribution in [1.29, 1.82) is 0 Å². The summed E-state index contributed by atoms with van der Waals surface area (Å²) in [6, 6.07) is 24.5. The summed E-state index contributed by atoms with van der Waals surface area (Å²) >= 11 is 0.376. The summed E-state index contributed by atoms with van der Waals surface area (Å²) < 4.78 is 1.36. The van der Waals surface area contributed by atoms with E-state index in [4.69, 9.17) is 0 Å². The van der Waals surface area contributed by atoms with Crippen molar-refractivity contribution in [3.05, 3.63) is 78.4 Å². The molecule has 3 rings (SSSR count). The molecule has 1 nitrogen and oxygen atoms in total. The van der Waals surface area contributed by atoms with Crippen molar-refractivity contribution in [2.75, 3.05) is 0 Å². The summed E-state index contributed by atoms with van der Waals surface area (Å²) in [4.78, 5) is 12.5. The molecule has 21 heavy (non-hydrogen) atoms. The molecule has 104 valence electrons. The fraction of sp³-hybridized carbons (Fsp3) is 0.105. The number of fused-ring (bicyclic) bond motifs is 1. The summed E-state index contributed by atoms with van der Waals surface area (Å²) in [6.45, 7) is 0. The zero-order chi connectivity index (χ0) is 14.5. The maximum absolute atomic E-state index is 12.5. The second-order valence-electron chi connectivity index (χ2n) is 4.86. The van der Waals surface area contributed by atoms with Crippen LogP contribution in [0.15, 0.2) is 72.8 Å². The van der Waals surface area contributed by atoms with Gasteiger partial charge >= 0.3 is 131 Å². The van der Waals surface area contributed by atoms with E-state index < -0.39 is 0 Å². The summed E-state index contributed by atoms with van der Waals surface area (Å²) in [6.07, 6.45) is 0.628. The van der Waals surface area contributed by atoms with Gasteiger partial charge in [0.25, 0.3) is 0 Å². The van der Waals surface area contributed by atoms with Crippen LogP contribution < -0.4 is 4.46 Å². The quantitative estimate of drug-likeness (QED) is 0.510. The van der Waals surface area contributed by atoms with Gasteiger partial charge < -0.3 is 0 Å². The van der Waals surface area contributed by atoms with Crippen molar-refractivity contribution < 1.29 is 4.79 Å². The second kappa shape index (κ2) is 6.71. The van der Waals surface area contributed by atoms with E-state index >= 15 is 0 Å². The predicted molar refractivity (Wildman–Crippen MR) is 89.5 cm³/mol. The van der Waals surface area contributed by atoms with Gasteiger partial charge in [-0.2, -0.15) is 0 Å². The van der Waals surface area contributed by atoms with E-state index in [1.54, 1.807) is 0 Å². The third kappa shape index (κ3) is 3.41. The fourth-order valence-corrected chi connectivity index (χ4v) is 4.21. The number of benzene rings is 3. The SMILES string of the molecule is O=C(CC[Se]c1ccccc1)c1cccc2ccccc12. The molecule has 0 N–H and O–H groups in total. The van der Waals surface area contributed by atoms with Crippen LogP contribution in [-0.4, -0.2) is 20.7 Å². The Morgan fingerprint density at radius 1 is 0.810 bits per heavy atom. The summed E-state index contributed by atoms with van der Waals surface area (Å²) in [5, 5.41) is 3.16. The average Bonchev–Trinajstić information content (AvgIpc) is 2.55. The van der Waals surface area contributed by atoms with Crippen molar-refractivity contribution in [3.8, 4) is 0 Å². The predicted octanol–water partition coefficient (Wildman–Crippen LogP) is 3.86. The first-order valence-electron chi connectivity index (χ1n) is 7.03. The van der Waals surface area contributed by atoms with Gasteiger partial charge in [-0.05, 0) is 0 Å². The molecule has 0 atom stereocenters. The van der Waals surface area contributed by atoms with Crippen molar-refractivity contribution in [2.45, 2.75) is 11.7 Å². The van der Waals surface area contributed by atoms with E-state index in [1.165, 1.54) is 4.46 Å². The van der Waals surface area contributed by atoms with E-state index in [1.807, 2.05) is 36.4 Å². The van der Waals surface area contributed by atoms with Crippen LogP contribution in [0.4, 0.5) is 0 Å². The van der Waals surface area contributed by atoms with Crippen LogP contribution in [0.3, 0.4) is 0 Å². The van der Waals surface area contributed by atoms with E-state index in [2.05, 4.69) is 36.4 Å². The Labute approximate surface area is 131 Å². The average molecular weight is 339 g/mol. The molecule has 0 aliphatic carbocycles. The first-order valence-corrected chi connectivity index (χ1v) is 9.10. The number of ketones is 1. The molecule has 0 radical (unpaired) electrons. The third-order valence-corrected chi connectivity index (χ3v) is 5.56. The molecule has 0 aliphatic heterocycles. The van der Waals surface area contributed by atoms with Gasteiger partial charge in [-0.25, -0.2) is 0 Å². The van der Waals surface area contributed by atoms with Gasteiger partial charge in [-0.1, -0.05) is 0 Å². The Hall–Kier alpha value is -1.89. The zero-order valence-corrected chi connectivity index (χ0v) is 13.4. The number of carbonyl (C=O) groups excluding carboxylic acids is 1. The van der Waals surface area contributed by atoms with E-state index in [0.717, 1.165) is 21.7 Å². The van der Waals surface area contributed by atoms with E-state index in [9.17, 15) is 4.79 Å². The standard InChI is InChI=1S/C19H16OSe/c20-19(13-14-21-16-9-2-1-3-10-16)18-12-6-8-15-7-4-5-11-17(15)18/h1-12H,13-14H2. The molecule has 2 heteroatoms. The fourth-order valence-electron chi connectivity index (χ4n) is 2.38. The van der Waals surface area contributed by atoms with Gasteiger partial charge in [-0.15, -0.1) is 0 Å². The zero-order valence-electron chi connectivity index (χ0n) is 11.7. The van der Waals surface area contributed by atoms with E-state index in [0.29, 0.717) is 21.4 Å². The summed E-state index contributed by atoms with van der Waals surface area (Å²) in [5.41, 5.74) is 0.858. The number of hydrogen-bond acceptors (Lipinski definition) is 1. The van der Waals surface area contributed by atoms with Gasteiger partial charge in [0.1, 0.15) is 0 Å². The molecule has 0 spiro atoms. The third-order valence-electron chi connectivity index (χ3n) is 3.43. The van der Waals surface area contributed by atoms with Crippen LogP contribution in [0.5, 0.6) is 0 Å². The van der Waals surface area contributed by atoms with Crippen molar-refractivity contribution in [1.82, 2.24) is 0 Å².